The summed E-state index contributed by atoms with van der Waals surface area (Å²) < 4.78 is 0. The zero-order valence-electron chi connectivity index (χ0n) is 20.3. The maximum Gasteiger partial charge on any atom is 0.220 e. The first kappa shape index (κ1) is 24.9. The van der Waals surface area contributed by atoms with E-state index in [2.05, 4.69) is 10.6 Å². The van der Waals surface area contributed by atoms with E-state index >= 15 is 0 Å². The molecule has 4 heteroatoms. The molecule has 0 aliphatic carbocycles. The van der Waals surface area contributed by atoms with Crippen LogP contribution in [-0.4, -0.2) is 11.8 Å². The minimum absolute atomic E-state index is 0.0143. The molecule has 0 aliphatic heterocycles. The largest absolute Gasteiger partial charge is 0.345 e. The summed E-state index contributed by atoms with van der Waals surface area (Å²) >= 11 is 0. The molecule has 0 spiro atoms. The molecular formula is C32H32N2O2. The van der Waals surface area contributed by atoms with Crippen molar-refractivity contribution in [3.8, 4) is 0 Å². The summed E-state index contributed by atoms with van der Waals surface area (Å²) in [4.78, 5) is 25.6. The maximum atomic E-state index is 12.8. The van der Waals surface area contributed by atoms with Crippen molar-refractivity contribution < 1.29 is 9.59 Å². The Morgan fingerprint density at radius 3 is 0.944 bits per heavy atom. The van der Waals surface area contributed by atoms with E-state index in [9.17, 15) is 9.59 Å². The monoisotopic (exact) mass is 476 g/mol. The van der Waals surface area contributed by atoms with Crippen LogP contribution in [0.3, 0.4) is 0 Å². The number of benzene rings is 4. The van der Waals surface area contributed by atoms with Crippen LogP contribution in [0.1, 0.15) is 60.0 Å². The van der Waals surface area contributed by atoms with Gasteiger partial charge in [-0.25, -0.2) is 0 Å². The van der Waals surface area contributed by atoms with E-state index in [1.807, 2.05) is 121 Å². The fourth-order valence-corrected chi connectivity index (χ4v) is 4.34. The van der Waals surface area contributed by atoms with Gasteiger partial charge in [0.1, 0.15) is 0 Å². The second-order valence-electron chi connectivity index (χ2n) is 8.85. The maximum absolute atomic E-state index is 12.8. The summed E-state index contributed by atoms with van der Waals surface area (Å²) in [5.41, 5.74) is 4.18. The molecule has 0 fully saturated rings. The molecule has 0 unspecified atom stereocenters. The number of amides is 2. The third kappa shape index (κ3) is 7.16. The zero-order valence-corrected chi connectivity index (χ0v) is 20.3. The Kier molecular flexibility index (Phi) is 9.04. The summed E-state index contributed by atoms with van der Waals surface area (Å²) in [6.07, 6.45) is 2.06. The molecule has 0 bridgehead atoms. The van der Waals surface area contributed by atoms with Crippen molar-refractivity contribution in [3.63, 3.8) is 0 Å². The number of rotatable bonds is 11. The lowest BCUT2D eigenvalue weighted by atomic mass is 9.98. The van der Waals surface area contributed by atoms with Crippen molar-refractivity contribution in [1.29, 1.82) is 0 Å². The van der Waals surface area contributed by atoms with E-state index in [1.54, 1.807) is 0 Å². The second-order valence-corrected chi connectivity index (χ2v) is 8.85. The molecule has 0 heterocycles. The summed E-state index contributed by atoms with van der Waals surface area (Å²) in [7, 11) is 0. The molecule has 4 aromatic carbocycles. The number of carbonyl (C=O) groups is 2. The van der Waals surface area contributed by atoms with Crippen LogP contribution >= 0.6 is 0 Å². The van der Waals surface area contributed by atoms with Crippen molar-refractivity contribution in [1.82, 2.24) is 10.6 Å². The van der Waals surface area contributed by atoms with Gasteiger partial charge in [-0.3, -0.25) is 9.59 Å². The van der Waals surface area contributed by atoms with Crippen LogP contribution in [0.2, 0.25) is 0 Å². The van der Waals surface area contributed by atoms with Gasteiger partial charge in [-0.2, -0.15) is 0 Å². The van der Waals surface area contributed by atoms with Crippen LogP contribution in [-0.2, 0) is 9.59 Å². The molecule has 0 radical (unpaired) electrons. The number of nitrogens with one attached hydrogen (secondary N) is 2. The SMILES string of the molecule is O=C(CCCCC(=O)NC(c1ccccc1)c1ccccc1)NC(c1ccccc1)c1ccccc1. The van der Waals surface area contributed by atoms with Crippen molar-refractivity contribution in [2.24, 2.45) is 0 Å². The van der Waals surface area contributed by atoms with Crippen LogP contribution in [0.5, 0.6) is 0 Å². The minimum atomic E-state index is -0.194. The van der Waals surface area contributed by atoms with Gasteiger partial charge in [0.2, 0.25) is 11.8 Å². The van der Waals surface area contributed by atoms with Gasteiger partial charge < -0.3 is 10.6 Å². The predicted octanol–water partition coefficient (Wildman–Crippen LogP) is 6.36. The highest BCUT2D eigenvalue weighted by molar-refractivity contribution is 5.78. The fraction of sp³-hybridized carbons (Fsp3) is 0.188. The van der Waals surface area contributed by atoms with E-state index in [-0.39, 0.29) is 23.9 Å². The highest BCUT2D eigenvalue weighted by Crippen LogP contribution is 2.23. The first-order valence-corrected chi connectivity index (χ1v) is 12.5. The van der Waals surface area contributed by atoms with Crippen LogP contribution in [0.25, 0.3) is 0 Å². The van der Waals surface area contributed by atoms with Gasteiger partial charge in [0, 0.05) is 12.8 Å². The van der Waals surface area contributed by atoms with E-state index in [1.165, 1.54) is 0 Å². The first-order chi connectivity index (χ1) is 17.7. The molecule has 0 saturated carbocycles. The van der Waals surface area contributed by atoms with E-state index in [0.29, 0.717) is 25.7 Å². The molecule has 2 amide bonds. The van der Waals surface area contributed by atoms with Crippen molar-refractivity contribution in [3.05, 3.63) is 144 Å². The van der Waals surface area contributed by atoms with E-state index in [4.69, 9.17) is 0 Å². The Bertz CT molecular complexity index is 1030. The smallest absolute Gasteiger partial charge is 0.220 e. The van der Waals surface area contributed by atoms with Crippen LogP contribution < -0.4 is 10.6 Å². The average molecular weight is 477 g/mol. The van der Waals surface area contributed by atoms with Gasteiger partial charge in [0.25, 0.3) is 0 Å². The Hall–Kier alpha value is -4.18. The van der Waals surface area contributed by atoms with Crippen molar-refractivity contribution in [2.75, 3.05) is 0 Å². The molecule has 0 aromatic heterocycles. The number of unbranched alkanes of at least 4 members (excludes halogenated alkanes) is 1. The van der Waals surface area contributed by atoms with E-state index in [0.717, 1.165) is 22.3 Å². The molecule has 2 N–H and O–H groups in total. The molecule has 0 aliphatic rings. The summed E-state index contributed by atoms with van der Waals surface area (Å²) in [6.45, 7) is 0. The van der Waals surface area contributed by atoms with Gasteiger partial charge in [0.05, 0.1) is 12.1 Å². The Morgan fingerprint density at radius 1 is 0.444 bits per heavy atom. The van der Waals surface area contributed by atoms with Gasteiger partial charge in [-0.15, -0.1) is 0 Å². The van der Waals surface area contributed by atoms with Crippen molar-refractivity contribution >= 4 is 11.8 Å². The third-order valence-corrected chi connectivity index (χ3v) is 6.20. The van der Waals surface area contributed by atoms with E-state index < -0.39 is 0 Å². The third-order valence-electron chi connectivity index (χ3n) is 6.20. The highest BCUT2D eigenvalue weighted by Gasteiger charge is 2.18. The standard InChI is InChI=1S/C32H32N2O2/c35-29(33-31(25-15-5-1-6-16-25)26-17-7-2-8-18-26)23-13-14-24-30(36)34-32(27-19-9-3-10-20-27)28-21-11-4-12-22-28/h1-12,15-22,31-32H,13-14,23-24H2,(H,33,35)(H,34,36). The Labute approximate surface area is 213 Å². The lowest BCUT2D eigenvalue weighted by molar-refractivity contribution is -0.123. The van der Waals surface area contributed by atoms with Crippen molar-refractivity contribution in [2.45, 2.75) is 37.8 Å². The Balaban J connectivity index is 1.29. The van der Waals surface area contributed by atoms with Gasteiger partial charge in [-0.1, -0.05) is 121 Å². The molecule has 4 nitrogen and oxygen atoms in total. The van der Waals surface area contributed by atoms with Gasteiger partial charge >= 0.3 is 0 Å². The quantitative estimate of drug-likeness (QED) is 0.248. The van der Waals surface area contributed by atoms with Gasteiger partial charge in [-0.05, 0) is 35.1 Å². The average Bonchev–Trinajstić information content (AvgIpc) is 2.94. The number of hydrogen-bond acceptors (Lipinski definition) is 2. The first-order valence-electron chi connectivity index (χ1n) is 12.5. The topological polar surface area (TPSA) is 58.2 Å². The molecule has 4 rings (SSSR count). The molecule has 0 saturated heterocycles. The zero-order chi connectivity index (χ0) is 25.0. The van der Waals surface area contributed by atoms with Crippen LogP contribution in [0.15, 0.2) is 121 Å². The molecular weight excluding hydrogens is 444 g/mol. The minimum Gasteiger partial charge on any atom is -0.345 e. The molecule has 4 aromatic rings. The lowest BCUT2D eigenvalue weighted by Gasteiger charge is -2.20. The molecule has 0 atom stereocenters. The summed E-state index contributed by atoms with van der Waals surface area (Å²) in [5.74, 6) is -0.0286. The Morgan fingerprint density at radius 2 is 0.694 bits per heavy atom. The predicted molar refractivity (Wildman–Crippen MR) is 144 cm³/mol. The summed E-state index contributed by atoms with van der Waals surface area (Å²) in [5, 5.41) is 6.35. The van der Waals surface area contributed by atoms with Crippen LogP contribution in [0, 0.1) is 0 Å². The number of carbonyl (C=O) groups excluding carboxylic acids is 2. The fourth-order valence-electron chi connectivity index (χ4n) is 4.34. The normalized spacial score (nSPS) is 10.8. The second kappa shape index (κ2) is 13.1. The lowest BCUT2D eigenvalue weighted by Crippen LogP contribution is -2.30. The summed E-state index contributed by atoms with van der Waals surface area (Å²) in [6, 6.07) is 39.5. The molecule has 36 heavy (non-hydrogen) atoms. The molecule has 182 valence electrons. The number of hydrogen-bond donors (Lipinski definition) is 2. The highest BCUT2D eigenvalue weighted by atomic mass is 16.2. The van der Waals surface area contributed by atoms with Gasteiger partial charge in [0.15, 0.2) is 0 Å². The van der Waals surface area contributed by atoms with Crippen LogP contribution in [0.4, 0.5) is 0 Å².